The summed E-state index contributed by atoms with van der Waals surface area (Å²) < 4.78 is 0. The number of aromatic nitrogens is 7. The van der Waals surface area contributed by atoms with E-state index in [1.807, 2.05) is 0 Å². The van der Waals surface area contributed by atoms with Crippen molar-refractivity contribution in [2.75, 3.05) is 47.2 Å². The maximum atomic E-state index is 12.3. The molecular formula is C25H31N13O9. The number of carbonyl (C=O) groups excluding carboxylic acids is 1. The Labute approximate surface area is 263 Å². The molecular weight excluding hydrogens is 626 g/mol. The molecule has 0 saturated heterocycles. The molecule has 0 radical (unpaired) electrons. The highest BCUT2D eigenvalue weighted by Gasteiger charge is 2.21. The monoisotopic (exact) mass is 657 g/mol. The van der Waals surface area contributed by atoms with E-state index in [0.29, 0.717) is 11.4 Å². The highest BCUT2D eigenvalue weighted by atomic mass is 16.4. The van der Waals surface area contributed by atoms with Gasteiger partial charge in [0.05, 0.1) is 18.4 Å². The Morgan fingerprint density at radius 1 is 0.830 bits per heavy atom. The van der Waals surface area contributed by atoms with Crippen LogP contribution in [0.5, 0.6) is 0 Å². The van der Waals surface area contributed by atoms with Crippen molar-refractivity contribution in [1.82, 2.24) is 40.2 Å². The Morgan fingerprint density at radius 2 is 1.40 bits per heavy atom. The van der Waals surface area contributed by atoms with Crippen LogP contribution in [0, 0.1) is 0 Å². The van der Waals surface area contributed by atoms with Gasteiger partial charge in [-0.15, -0.1) is 0 Å². The molecule has 0 aliphatic rings. The zero-order chi connectivity index (χ0) is 34.3. The Hall–Kier alpha value is -6.26. The molecule has 1 atom stereocenters. The van der Waals surface area contributed by atoms with Crippen LogP contribution in [0.25, 0.3) is 11.2 Å². The first-order chi connectivity index (χ1) is 22.5. The summed E-state index contributed by atoms with van der Waals surface area (Å²) in [5, 5.41) is 56.4. The van der Waals surface area contributed by atoms with Crippen molar-refractivity contribution in [2.24, 2.45) is 0 Å². The first kappa shape index (κ1) is 35.2. The lowest BCUT2D eigenvalue weighted by Crippen LogP contribution is -2.41. The molecule has 4 rings (SSSR count). The molecule has 47 heavy (non-hydrogen) atoms. The summed E-state index contributed by atoms with van der Waals surface area (Å²) in [6.07, 6.45) is 0.840. The zero-order valence-electron chi connectivity index (χ0n) is 24.3. The summed E-state index contributed by atoms with van der Waals surface area (Å²) in [6.45, 7) is -0.766. The Bertz CT molecular complexity index is 1680. The zero-order valence-corrected chi connectivity index (χ0v) is 24.3. The van der Waals surface area contributed by atoms with Crippen LogP contribution in [-0.2, 0) is 16.1 Å². The Morgan fingerprint density at radius 3 is 1.91 bits per heavy atom. The van der Waals surface area contributed by atoms with Crippen molar-refractivity contribution < 1.29 is 39.9 Å². The van der Waals surface area contributed by atoms with Crippen molar-refractivity contribution in [3.8, 4) is 0 Å². The second-order valence-corrected chi connectivity index (χ2v) is 9.02. The number of carboxylic acids is 2. The minimum atomic E-state index is -1.31. The number of nitrogens with two attached hydrogens (primary N) is 1. The summed E-state index contributed by atoms with van der Waals surface area (Å²) in [4.78, 5) is 72.0. The predicted octanol–water partition coefficient (Wildman–Crippen LogP) is -2.09. The van der Waals surface area contributed by atoms with Gasteiger partial charge in [0.25, 0.3) is 11.5 Å². The van der Waals surface area contributed by atoms with Crippen molar-refractivity contribution in [2.45, 2.75) is 25.4 Å². The summed E-state index contributed by atoms with van der Waals surface area (Å²) in [5.41, 5.74) is 6.47. The van der Waals surface area contributed by atoms with Gasteiger partial charge in [0.15, 0.2) is 11.2 Å². The molecule has 0 saturated carbocycles. The van der Waals surface area contributed by atoms with Crippen molar-refractivity contribution in [3.63, 3.8) is 0 Å². The Balaban J connectivity index is 0.000000335. The highest BCUT2D eigenvalue weighted by molar-refractivity contribution is 5.97. The van der Waals surface area contributed by atoms with Crippen LogP contribution < -0.4 is 37.9 Å². The molecule has 0 fully saturated rings. The normalized spacial score (nSPS) is 11.0. The maximum absolute atomic E-state index is 12.3. The number of carboxylic acid groups (broad SMARTS) is 2. The van der Waals surface area contributed by atoms with Gasteiger partial charge in [-0.25, -0.2) is 14.8 Å². The van der Waals surface area contributed by atoms with Gasteiger partial charge in [-0.2, -0.15) is 19.9 Å². The molecule has 4 aromatic rings. The third-order valence-corrected chi connectivity index (χ3v) is 5.70. The second kappa shape index (κ2) is 17.3. The molecule has 1 amide bonds. The number of aliphatic hydroxyl groups is 3. The molecule has 3 heterocycles. The van der Waals surface area contributed by atoms with E-state index in [0.717, 1.165) is 0 Å². The van der Waals surface area contributed by atoms with Crippen LogP contribution in [0.15, 0.2) is 35.3 Å². The van der Waals surface area contributed by atoms with Crippen LogP contribution >= 0.6 is 0 Å². The maximum Gasteiger partial charge on any atom is 0.326 e. The number of carbonyl (C=O) groups is 3. The molecule has 0 aliphatic carbocycles. The van der Waals surface area contributed by atoms with Gasteiger partial charge in [0.2, 0.25) is 23.8 Å². The minimum absolute atomic E-state index is 0.0524. The first-order valence-electron chi connectivity index (χ1n) is 13.4. The number of aliphatic hydroxyl groups excluding tert-OH is 3. The molecule has 250 valence electrons. The molecule has 3 aromatic heterocycles. The fraction of sp³-hybridized carbons (Fsp3) is 0.280. The van der Waals surface area contributed by atoms with E-state index in [-0.39, 0.29) is 80.1 Å². The van der Waals surface area contributed by atoms with Gasteiger partial charge in [-0.1, -0.05) is 0 Å². The van der Waals surface area contributed by atoms with Crippen LogP contribution in [0.1, 0.15) is 28.9 Å². The van der Waals surface area contributed by atoms with Crippen LogP contribution in [0.2, 0.25) is 0 Å². The molecule has 1 aromatic carbocycles. The minimum Gasteiger partial charge on any atom is -0.481 e. The SMILES string of the molecule is Nc1nc2ncc(CNc3ccc(C(=O)NC(CCC(=O)O)C(=O)O)cc3)nc2c(=O)[nH]1.OCNc1nc(NCO)nc(NCO)n1. The standard InChI is InChI=1S/C19H19N7O6.C6H12N6O3/c20-19-25-15-14(17(30)26-19)23-11(8-22-15)7-21-10-3-1-9(2-4-10)16(29)24-12(18(31)32)5-6-13(27)28;13-1-7-4-10-5(8-2-14)12-6(11-4)9-3-15/h1-4,8,12,21H,5-7H2,(H,24,29)(H,27,28)(H,31,32)(H3,20,22,25,26,30);13-15H,1-3H2,(H3,7,8,9,10,11,12). The van der Waals surface area contributed by atoms with E-state index in [9.17, 15) is 19.2 Å². The summed E-state index contributed by atoms with van der Waals surface area (Å²) in [6, 6.07) is 4.86. The number of hydrogen-bond acceptors (Lipinski definition) is 18. The van der Waals surface area contributed by atoms with Crippen molar-refractivity contribution >= 4 is 58.5 Å². The van der Waals surface area contributed by atoms with Gasteiger partial charge in [0.1, 0.15) is 26.2 Å². The van der Waals surface area contributed by atoms with E-state index in [1.165, 1.54) is 18.3 Å². The number of amides is 1. The number of H-pyrrole nitrogens is 1. The van der Waals surface area contributed by atoms with E-state index in [1.54, 1.807) is 12.1 Å². The van der Waals surface area contributed by atoms with E-state index in [2.05, 4.69) is 61.5 Å². The summed E-state index contributed by atoms with van der Waals surface area (Å²) in [7, 11) is 0. The third-order valence-electron chi connectivity index (χ3n) is 5.70. The number of aromatic amines is 1. The number of rotatable bonds is 15. The lowest BCUT2D eigenvalue weighted by molar-refractivity contribution is -0.140. The van der Waals surface area contributed by atoms with Gasteiger partial charge in [0, 0.05) is 17.7 Å². The van der Waals surface area contributed by atoms with E-state index >= 15 is 0 Å². The molecule has 22 nitrogen and oxygen atoms in total. The number of benzene rings is 1. The van der Waals surface area contributed by atoms with Gasteiger partial charge in [-0.05, 0) is 30.7 Å². The second-order valence-electron chi connectivity index (χ2n) is 9.02. The number of nitrogens with zero attached hydrogens (tertiary/aromatic N) is 6. The van der Waals surface area contributed by atoms with Crippen molar-refractivity contribution in [3.05, 3.63) is 52.1 Å². The number of fused-ring (bicyclic) bond motifs is 1. The number of nitrogen functional groups attached to an aromatic ring is 1. The van der Waals surface area contributed by atoms with Crippen LogP contribution in [0.3, 0.4) is 0 Å². The topological polar surface area (TPSA) is 349 Å². The fourth-order valence-corrected chi connectivity index (χ4v) is 3.58. The molecule has 0 spiro atoms. The Kier molecular flexibility index (Phi) is 13.0. The summed E-state index contributed by atoms with van der Waals surface area (Å²) >= 11 is 0. The number of hydrogen-bond donors (Lipinski definition) is 12. The van der Waals surface area contributed by atoms with E-state index < -0.39 is 29.4 Å². The van der Waals surface area contributed by atoms with Crippen molar-refractivity contribution in [1.29, 1.82) is 0 Å². The quantitative estimate of drug-likeness (QED) is 0.0609. The molecule has 22 heteroatoms. The predicted molar refractivity (Wildman–Crippen MR) is 164 cm³/mol. The fourth-order valence-electron chi connectivity index (χ4n) is 3.58. The summed E-state index contributed by atoms with van der Waals surface area (Å²) in [5.74, 6) is -2.78. The smallest absolute Gasteiger partial charge is 0.326 e. The largest absolute Gasteiger partial charge is 0.481 e. The van der Waals surface area contributed by atoms with Crippen LogP contribution in [-0.4, -0.2) is 105 Å². The molecule has 1 unspecified atom stereocenters. The van der Waals surface area contributed by atoms with Crippen LogP contribution in [0.4, 0.5) is 29.5 Å². The number of aliphatic carboxylic acids is 2. The molecule has 13 N–H and O–H groups in total. The average molecular weight is 658 g/mol. The highest BCUT2D eigenvalue weighted by Crippen LogP contribution is 2.13. The number of nitrogens with one attached hydrogen (secondary N) is 6. The third kappa shape index (κ3) is 11.0. The number of anilines is 5. The first-order valence-corrected chi connectivity index (χ1v) is 13.4. The lowest BCUT2D eigenvalue weighted by Gasteiger charge is -2.14. The van der Waals surface area contributed by atoms with Gasteiger partial charge >= 0.3 is 11.9 Å². The molecule has 0 bridgehead atoms. The van der Waals surface area contributed by atoms with Gasteiger partial charge in [-0.3, -0.25) is 19.4 Å². The molecule has 0 aliphatic heterocycles. The lowest BCUT2D eigenvalue weighted by atomic mass is 10.1. The average Bonchev–Trinajstić information content (AvgIpc) is 3.03. The van der Waals surface area contributed by atoms with E-state index in [4.69, 9.17) is 31.3 Å². The van der Waals surface area contributed by atoms with Gasteiger partial charge < -0.3 is 57.9 Å².